The second-order valence-electron chi connectivity index (χ2n) is 4.50. The maximum absolute atomic E-state index is 12.1. The number of carbonyl (C=O) groups is 1. The molecule has 0 fully saturated rings. The molecule has 1 aromatic carbocycles. The van der Waals surface area contributed by atoms with Gasteiger partial charge in [0.1, 0.15) is 5.75 Å². The summed E-state index contributed by atoms with van der Waals surface area (Å²) in [4.78, 5) is 13.0. The first-order valence-corrected chi connectivity index (χ1v) is 6.20. The van der Waals surface area contributed by atoms with Crippen molar-refractivity contribution in [3.8, 4) is 5.75 Å². The minimum absolute atomic E-state index is 0.00422. The Bertz CT molecular complexity index is 485. The summed E-state index contributed by atoms with van der Waals surface area (Å²) in [6, 6.07) is 3.65. The van der Waals surface area contributed by atoms with Crippen LogP contribution in [0, 0.1) is 6.92 Å². The van der Waals surface area contributed by atoms with Crippen molar-refractivity contribution in [2.45, 2.75) is 19.6 Å². The number of benzene rings is 1. The van der Waals surface area contributed by atoms with E-state index in [0.29, 0.717) is 11.3 Å². The number of halogens is 2. The highest BCUT2D eigenvalue weighted by molar-refractivity contribution is 5.90. The summed E-state index contributed by atoms with van der Waals surface area (Å²) >= 11 is 0. The molecule has 0 saturated heterocycles. The number of amides is 2. The lowest BCUT2D eigenvalue weighted by molar-refractivity contribution is -0.0498. The van der Waals surface area contributed by atoms with Gasteiger partial charge in [0.15, 0.2) is 0 Å². The number of aliphatic hydroxyl groups is 2. The number of nitrogens with zero attached hydrogens (tertiary/aromatic N) is 1. The summed E-state index contributed by atoms with van der Waals surface area (Å²) in [5.41, 5.74) is 0.990. The molecule has 1 rings (SSSR count). The van der Waals surface area contributed by atoms with Crippen LogP contribution < -0.4 is 10.1 Å². The summed E-state index contributed by atoms with van der Waals surface area (Å²) in [5.74, 6) is 0.00422. The van der Waals surface area contributed by atoms with Crippen LogP contribution in [0.2, 0.25) is 0 Å². The quantitative estimate of drug-likeness (QED) is 0.742. The molecule has 8 heteroatoms. The Balaban J connectivity index is 2.68. The van der Waals surface area contributed by atoms with Gasteiger partial charge in [0.25, 0.3) is 0 Å². The van der Waals surface area contributed by atoms with Crippen LogP contribution in [-0.4, -0.2) is 54.1 Å². The van der Waals surface area contributed by atoms with Gasteiger partial charge in [0, 0.05) is 12.7 Å². The Kier molecular flexibility index (Phi) is 6.32. The molecule has 3 N–H and O–H groups in total. The SMILES string of the molecule is Cc1cc(OC(F)F)ccc1NC(=O)N(C)CC(O)CO. The smallest absolute Gasteiger partial charge is 0.387 e. The molecular formula is C13H18F2N2O4. The van der Waals surface area contributed by atoms with Crippen molar-refractivity contribution in [2.75, 3.05) is 25.5 Å². The third kappa shape index (κ3) is 5.52. The average molecular weight is 304 g/mol. The maximum Gasteiger partial charge on any atom is 0.387 e. The molecule has 2 amide bonds. The van der Waals surface area contributed by atoms with Gasteiger partial charge in [0.2, 0.25) is 0 Å². The second-order valence-corrected chi connectivity index (χ2v) is 4.50. The number of hydrogen-bond donors (Lipinski definition) is 3. The molecule has 0 bridgehead atoms. The molecule has 21 heavy (non-hydrogen) atoms. The molecule has 6 nitrogen and oxygen atoms in total. The van der Waals surface area contributed by atoms with E-state index in [1.807, 2.05) is 0 Å². The predicted octanol–water partition coefficient (Wildman–Crippen LogP) is 1.41. The number of aryl methyl sites for hydroxylation is 1. The molecule has 0 saturated carbocycles. The van der Waals surface area contributed by atoms with E-state index in [1.54, 1.807) is 6.92 Å². The highest BCUT2D eigenvalue weighted by Crippen LogP contribution is 2.22. The fraction of sp³-hybridized carbons (Fsp3) is 0.462. The van der Waals surface area contributed by atoms with Gasteiger partial charge in [0.05, 0.1) is 19.3 Å². The number of ether oxygens (including phenoxy) is 1. The Morgan fingerprint density at radius 3 is 2.67 bits per heavy atom. The van der Waals surface area contributed by atoms with E-state index in [0.717, 1.165) is 0 Å². The van der Waals surface area contributed by atoms with Gasteiger partial charge in [-0.3, -0.25) is 0 Å². The number of alkyl halides is 2. The lowest BCUT2D eigenvalue weighted by atomic mass is 10.2. The zero-order valence-electron chi connectivity index (χ0n) is 11.7. The van der Waals surface area contributed by atoms with Gasteiger partial charge in [-0.2, -0.15) is 8.78 Å². The lowest BCUT2D eigenvalue weighted by Crippen LogP contribution is -2.38. The van der Waals surface area contributed by atoms with Crippen molar-refractivity contribution in [3.63, 3.8) is 0 Å². The number of aliphatic hydroxyl groups excluding tert-OH is 2. The molecule has 1 unspecified atom stereocenters. The molecule has 0 heterocycles. The van der Waals surface area contributed by atoms with Gasteiger partial charge in [-0.25, -0.2) is 4.79 Å². The summed E-state index contributed by atoms with van der Waals surface area (Å²) in [7, 11) is 1.46. The van der Waals surface area contributed by atoms with Crippen LogP contribution in [0.1, 0.15) is 5.56 Å². The van der Waals surface area contributed by atoms with E-state index >= 15 is 0 Å². The average Bonchev–Trinajstić information content (AvgIpc) is 2.40. The first kappa shape index (κ1) is 17.1. The Morgan fingerprint density at radius 2 is 2.14 bits per heavy atom. The minimum atomic E-state index is -2.91. The normalized spacial score (nSPS) is 12.1. The molecule has 1 atom stereocenters. The van der Waals surface area contributed by atoms with Crippen LogP contribution in [0.25, 0.3) is 0 Å². The highest BCUT2D eigenvalue weighted by Gasteiger charge is 2.14. The first-order valence-electron chi connectivity index (χ1n) is 6.20. The van der Waals surface area contributed by atoms with Crippen molar-refractivity contribution in [1.29, 1.82) is 0 Å². The van der Waals surface area contributed by atoms with E-state index in [4.69, 9.17) is 5.11 Å². The van der Waals surface area contributed by atoms with Crippen molar-refractivity contribution in [3.05, 3.63) is 23.8 Å². The number of nitrogens with one attached hydrogen (secondary N) is 1. The topological polar surface area (TPSA) is 82.0 Å². The van der Waals surface area contributed by atoms with Crippen molar-refractivity contribution in [1.82, 2.24) is 4.90 Å². The van der Waals surface area contributed by atoms with Crippen LogP contribution >= 0.6 is 0 Å². The minimum Gasteiger partial charge on any atom is -0.435 e. The van der Waals surface area contributed by atoms with Gasteiger partial charge >= 0.3 is 12.6 Å². The highest BCUT2D eigenvalue weighted by atomic mass is 19.3. The Hall–Kier alpha value is -1.93. The molecule has 0 spiro atoms. The van der Waals surface area contributed by atoms with Crippen LogP contribution in [0.4, 0.5) is 19.3 Å². The van der Waals surface area contributed by atoms with E-state index in [-0.39, 0.29) is 12.3 Å². The van der Waals surface area contributed by atoms with Gasteiger partial charge in [-0.05, 0) is 30.7 Å². The first-order chi connectivity index (χ1) is 9.83. The largest absolute Gasteiger partial charge is 0.435 e. The van der Waals surface area contributed by atoms with E-state index < -0.39 is 25.4 Å². The zero-order valence-corrected chi connectivity index (χ0v) is 11.7. The van der Waals surface area contributed by atoms with Crippen LogP contribution in [0.3, 0.4) is 0 Å². The van der Waals surface area contributed by atoms with Crippen LogP contribution in [0.15, 0.2) is 18.2 Å². The Labute approximate surface area is 120 Å². The predicted molar refractivity (Wildman–Crippen MR) is 72.6 cm³/mol. The van der Waals surface area contributed by atoms with Crippen LogP contribution in [-0.2, 0) is 0 Å². The van der Waals surface area contributed by atoms with E-state index in [2.05, 4.69) is 10.1 Å². The summed E-state index contributed by atoms with van der Waals surface area (Å²) in [6.45, 7) is -1.75. The number of likely N-dealkylation sites (N-methyl/N-ethyl adjacent to an activating group) is 1. The van der Waals surface area contributed by atoms with Gasteiger partial charge < -0.3 is 25.2 Å². The molecule has 118 valence electrons. The third-order valence-electron chi connectivity index (χ3n) is 2.71. The molecule has 0 radical (unpaired) electrons. The molecule has 0 aliphatic heterocycles. The Morgan fingerprint density at radius 1 is 1.48 bits per heavy atom. The number of hydrogen-bond acceptors (Lipinski definition) is 4. The number of rotatable bonds is 6. The second kappa shape index (κ2) is 7.75. The molecule has 0 aliphatic rings. The number of anilines is 1. The summed E-state index contributed by atoms with van der Waals surface area (Å²) in [5, 5.41) is 20.5. The van der Waals surface area contributed by atoms with Crippen molar-refractivity contribution < 1.29 is 28.5 Å². The van der Waals surface area contributed by atoms with Gasteiger partial charge in [-0.15, -0.1) is 0 Å². The molecule has 1 aromatic rings. The number of urea groups is 1. The van der Waals surface area contributed by atoms with E-state index in [9.17, 15) is 18.7 Å². The summed E-state index contributed by atoms with van der Waals surface area (Å²) in [6.07, 6.45) is -1.02. The summed E-state index contributed by atoms with van der Waals surface area (Å²) < 4.78 is 28.4. The van der Waals surface area contributed by atoms with Crippen molar-refractivity contribution >= 4 is 11.7 Å². The fourth-order valence-electron chi connectivity index (χ4n) is 1.62. The van der Waals surface area contributed by atoms with Crippen LogP contribution in [0.5, 0.6) is 5.75 Å². The standard InChI is InChI=1S/C13H18F2N2O4/c1-8-5-10(21-12(14)15)3-4-11(8)16-13(20)17(2)6-9(19)7-18/h3-5,9,12,18-19H,6-7H2,1-2H3,(H,16,20). The monoisotopic (exact) mass is 304 g/mol. The molecular weight excluding hydrogens is 286 g/mol. The van der Waals surface area contributed by atoms with E-state index in [1.165, 1.54) is 30.1 Å². The fourth-order valence-corrected chi connectivity index (χ4v) is 1.62. The third-order valence-corrected chi connectivity index (χ3v) is 2.71. The lowest BCUT2D eigenvalue weighted by Gasteiger charge is -2.21. The van der Waals surface area contributed by atoms with Crippen molar-refractivity contribution in [2.24, 2.45) is 0 Å². The maximum atomic E-state index is 12.1. The number of carbonyl (C=O) groups excluding carboxylic acids is 1. The molecule has 0 aliphatic carbocycles. The van der Waals surface area contributed by atoms with Gasteiger partial charge in [-0.1, -0.05) is 0 Å². The molecule has 0 aromatic heterocycles. The zero-order chi connectivity index (χ0) is 16.0.